The molecule has 2 rings (SSSR count). The van der Waals surface area contributed by atoms with E-state index < -0.39 is 17.8 Å². The largest absolute Gasteiger partial charge is 0.416 e. The standard InChI is InChI=1S/C18H20F3NO/c1-22(2)11-12-23-17(14-7-4-3-5-8-14)15-9-6-10-16(13-15)18(19,20)21/h3-10,13,17H,11-12H2,1-2H3. The first kappa shape index (κ1) is 17.5. The van der Waals surface area contributed by atoms with E-state index in [-0.39, 0.29) is 0 Å². The Hall–Kier alpha value is -1.85. The van der Waals surface area contributed by atoms with Gasteiger partial charge in [-0.3, -0.25) is 0 Å². The first-order valence-electron chi connectivity index (χ1n) is 7.36. The van der Waals surface area contributed by atoms with Crippen LogP contribution >= 0.6 is 0 Å². The summed E-state index contributed by atoms with van der Waals surface area (Å²) in [5.74, 6) is 0. The highest BCUT2D eigenvalue weighted by molar-refractivity contribution is 5.34. The number of ether oxygens (including phenoxy) is 1. The van der Waals surface area contributed by atoms with Gasteiger partial charge in [0, 0.05) is 6.54 Å². The molecule has 2 nitrogen and oxygen atoms in total. The number of benzene rings is 2. The summed E-state index contributed by atoms with van der Waals surface area (Å²) in [5.41, 5.74) is 0.683. The Labute approximate surface area is 134 Å². The van der Waals surface area contributed by atoms with Crippen molar-refractivity contribution >= 4 is 0 Å². The van der Waals surface area contributed by atoms with Gasteiger partial charge in [0.05, 0.1) is 12.2 Å². The summed E-state index contributed by atoms with van der Waals surface area (Å²) in [4.78, 5) is 1.97. The molecule has 1 unspecified atom stereocenters. The molecule has 0 aliphatic heterocycles. The molecular weight excluding hydrogens is 303 g/mol. The lowest BCUT2D eigenvalue weighted by Crippen LogP contribution is -2.20. The van der Waals surface area contributed by atoms with Crippen molar-refractivity contribution in [2.75, 3.05) is 27.2 Å². The van der Waals surface area contributed by atoms with Gasteiger partial charge in [-0.1, -0.05) is 42.5 Å². The molecule has 0 amide bonds. The Morgan fingerprint density at radius 3 is 2.22 bits per heavy atom. The molecule has 0 spiro atoms. The number of nitrogens with zero attached hydrogens (tertiary/aromatic N) is 1. The molecule has 0 aromatic heterocycles. The minimum Gasteiger partial charge on any atom is -0.367 e. The summed E-state index contributed by atoms with van der Waals surface area (Å²) in [7, 11) is 3.84. The Bertz CT molecular complexity index is 611. The average Bonchev–Trinajstić information content (AvgIpc) is 2.51. The molecule has 0 fully saturated rings. The van der Waals surface area contributed by atoms with Crippen LogP contribution in [-0.2, 0) is 10.9 Å². The van der Waals surface area contributed by atoms with Crippen molar-refractivity contribution in [2.24, 2.45) is 0 Å². The molecular formula is C18H20F3NO. The fourth-order valence-corrected chi connectivity index (χ4v) is 2.24. The van der Waals surface area contributed by atoms with Crippen LogP contribution in [0.2, 0.25) is 0 Å². The van der Waals surface area contributed by atoms with Crippen LogP contribution < -0.4 is 0 Å². The summed E-state index contributed by atoms with van der Waals surface area (Å²) in [5, 5.41) is 0. The summed E-state index contributed by atoms with van der Waals surface area (Å²) >= 11 is 0. The molecule has 1 atom stereocenters. The van der Waals surface area contributed by atoms with Crippen LogP contribution in [0.4, 0.5) is 13.2 Å². The Morgan fingerprint density at radius 1 is 0.957 bits per heavy atom. The van der Waals surface area contributed by atoms with E-state index in [1.807, 2.05) is 49.3 Å². The highest BCUT2D eigenvalue weighted by atomic mass is 19.4. The van der Waals surface area contributed by atoms with E-state index in [0.717, 1.165) is 17.7 Å². The maximum absolute atomic E-state index is 12.9. The fourth-order valence-electron chi connectivity index (χ4n) is 2.24. The summed E-state index contributed by atoms with van der Waals surface area (Å²) in [6.45, 7) is 1.13. The van der Waals surface area contributed by atoms with Crippen molar-refractivity contribution in [3.63, 3.8) is 0 Å². The maximum Gasteiger partial charge on any atom is 0.416 e. The molecule has 23 heavy (non-hydrogen) atoms. The number of halogens is 3. The number of alkyl halides is 3. The van der Waals surface area contributed by atoms with Crippen LogP contribution in [0, 0.1) is 0 Å². The fraction of sp³-hybridized carbons (Fsp3) is 0.333. The zero-order valence-corrected chi connectivity index (χ0v) is 13.2. The first-order valence-corrected chi connectivity index (χ1v) is 7.36. The molecule has 0 bridgehead atoms. The van der Waals surface area contributed by atoms with Gasteiger partial charge in [-0.2, -0.15) is 13.2 Å². The van der Waals surface area contributed by atoms with Crippen molar-refractivity contribution in [1.29, 1.82) is 0 Å². The van der Waals surface area contributed by atoms with Crippen molar-refractivity contribution in [1.82, 2.24) is 4.90 Å². The van der Waals surface area contributed by atoms with Crippen molar-refractivity contribution < 1.29 is 17.9 Å². The zero-order chi connectivity index (χ0) is 16.9. The monoisotopic (exact) mass is 323 g/mol. The van der Waals surface area contributed by atoms with Crippen LogP contribution in [0.3, 0.4) is 0 Å². The van der Waals surface area contributed by atoms with Gasteiger partial charge in [-0.15, -0.1) is 0 Å². The summed E-state index contributed by atoms with van der Waals surface area (Å²) in [6, 6.07) is 14.6. The van der Waals surface area contributed by atoms with E-state index in [0.29, 0.717) is 18.7 Å². The zero-order valence-electron chi connectivity index (χ0n) is 13.2. The molecule has 0 aliphatic carbocycles. The molecule has 0 radical (unpaired) electrons. The second-order valence-corrected chi connectivity index (χ2v) is 5.59. The van der Waals surface area contributed by atoms with E-state index in [9.17, 15) is 13.2 Å². The van der Waals surface area contributed by atoms with Crippen LogP contribution in [0.15, 0.2) is 54.6 Å². The van der Waals surface area contributed by atoms with Gasteiger partial charge >= 0.3 is 6.18 Å². The summed E-state index contributed by atoms with van der Waals surface area (Å²) < 4.78 is 44.7. The van der Waals surface area contributed by atoms with Gasteiger partial charge in [0.25, 0.3) is 0 Å². The Kier molecular flexibility index (Phi) is 5.80. The molecule has 0 N–H and O–H groups in total. The number of likely N-dealkylation sites (N-methyl/N-ethyl adjacent to an activating group) is 1. The Balaban J connectivity index is 2.30. The third kappa shape index (κ3) is 5.08. The number of hydrogen-bond donors (Lipinski definition) is 0. The molecule has 0 saturated heterocycles. The van der Waals surface area contributed by atoms with Crippen LogP contribution in [0.1, 0.15) is 22.8 Å². The van der Waals surface area contributed by atoms with E-state index in [1.54, 1.807) is 6.07 Å². The van der Waals surface area contributed by atoms with Crippen molar-refractivity contribution in [3.8, 4) is 0 Å². The molecule has 0 aliphatic rings. The third-order valence-corrected chi connectivity index (χ3v) is 3.44. The van der Waals surface area contributed by atoms with Gasteiger partial charge in [0.15, 0.2) is 0 Å². The molecule has 0 heterocycles. The predicted octanol–water partition coefficient (Wildman–Crippen LogP) is 4.37. The average molecular weight is 323 g/mol. The van der Waals surface area contributed by atoms with Crippen molar-refractivity contribution in [3.05, 3.63) is 71.3 Å². The molecule has 124 valence electrons. The second kappa shape index (κ2) is 7.62. The molecule has 0 saturated carbocycles. The van der Waals surface area contributed by atoms with E-state index in [2.05, 4.69) is 0 Å². The highest BCUT2D eigenvalue weighted by Crippen LogP contribution is 2.33. The van der Waals surface area contributed by atoms with Gasteiger partial charge in [0.2, 0.25) is 0 Å². The van der Waals surface area contributed by atoms with Gasteiger partial charge in [0.1, 0.15) is 6.10 Å². The van der Waals surface area contributed by atoms with Gasteiger partial charge in [-0.25, -0.2) is 0 Å². The second-order valence-electron chi connectivity index (χ2n) is 5.59. The lowest BCUT2D eigenvalue weighted by atomic mass is 9.99. The third-order valence-electron chi connectivity index (χ3n) is 3.44. The van der Waals surface area contributed by atoms with E-state index >= 15 is 0 Å². The topological polar surface area (TPSA) is 12.5 Å². The number of rotatable bonds is 6. The minimum absolute atomic E-state index is 0.433. The lowest BCUT2D eigenvalue weighted by molar-refractivity contribution is -0.137. The van der Waals surface area contributed by atoms with Crippen LogP contribution in [0.25, 0.3) is 0 Å². The lowest BCUT2D eigenvalue weighted by Gasteiger charge is -2.21. The van der Waals surface area contributed by atoms with E-state index in [4.69, 9.17) is 4.74 Å². The van der Waals surface area contributed by atoms with Crippen LogP contribution in [-0.4, -0.2) is 32.1 Å². The molecule has 2 aromatic carbocycles. The van der Waals surface area contributed by atoms with Gasteiger partial charge in [-0.05, 0) is 37.4 Å². The highest BCUT2D eigenvalue weighted by Gasteiger charge is 2.31. The normalized spacial score (nSPS) is 13.3. The van der Waals surface area contributed by atoms with Gasteiger partial charge < -0.3 is 9.64 Å². The first-order chi connectivity index (χ1) is 10.9. The SMILES string of the molecule is CN(C)CCOC(c1ccccc1)c1cccc(C(F)(F)F)c1. The quantitative estimate of drug-likeness (QED) is 0.782. The predicted molar refractivity (Wildman–Crippen MR) is 84.2 cm³/mol. The molecule has 5 heteroatoms. The molecule has 2 aromatic rings. The van der Waals surface area contributed by atoms with E-state index in [1.165, 1.54) is 6.07 Å². The minimum atomic E-state index is -4.36. The summed E-state index contributed by atoms with van der Waals surface area (Å²) in [6.07, 6.45) is -4.88. The number of hydrogen-bond acceptors (Lipinski definition) is 2. The van der Waals surface area contributed by atoms with Crippen LogP contribution in [0.5, 0.6) is 0 Å². The van der Waals surface area contributed by atoms with Crippen molar-refractivity contribution in [2.45, 2.75) is 12.3 Å². The Morgan fingerprint density at radius 2 is 1.61 bits per heavy atom. The smallest absolute Gasteiger partial charge is 0.367 e. The maximum atomic E-state index is 12.9.